The molecule has 2 N–H and O–H groups in total. The van der Waals surface area contributed by atoms with Gasteiger partial charge in [-0.3, -0.25) is 4.98 Å². The Labute approximate surface area is 133 Å². The minimum Gasteiger partial charge on any atom is -0.399 e. The largest absolute Gasteiger partial charge is 0.399 e. The molecule has 0 radical (unpaired) electrons. The fourth-order valence-corrected chi connectivity index (χ4v) is 2.35. The van der Waals surface area contributed by atoms with Gasteiger partial charge in [-0.15, -0.1) is 0 Å². The maximum absolute atomic E-state index is 5.99. The van der Waals surface area contributed by atoms with Gasteiger partial charge in [0.05, 0.1) is 17.2 Å². The highest BCUT2D eigenvalue weighted by molar-refractivity contribution is 6.31. The van der Waals surface area contributed by atoms with Crippen LogP contribution in [-0.2, 0) is 0 Å². The van der Waals surface area contributed by atoms with Gasteiger partial charge in [0.25, 0.3) is 0 Å². The number of anilines is 1. The Bertz CT molecular complexity index is 828. The summed E-state index contributed by atoms with van der Waals surface area (Å²) in [6.45, 7) is 2.00. The number of pyridine rings is 1. The predicted molar refractivity (Wildman–Crippen MR) is 90.5 cm³/mol. The van der Waals surface area contributed by atoms with E-state index in [0.717, 1.165) is 27.8 Å². The molecule has 1 aromatic heterocycles. The number of halogens is 1. The Balaban J connectivity index is 1.90. The fraction of sp³-hybridized carbons (Fsp3) is 0.118. The van der Waals surface area contributed by atoms with Gasteiger partial charge in [0.1, 0.15) is 0 Å². The van der Waals surface area contributed by atoms with Crippen LogP contribution >= 0.6 is 11.6 Å². The molecule has 4 nitrogen and oxygen atoms in total. The lowest BCUT2D eigenvalue weighted by atomic mass is 10.1. The molecule has 0 saturated heterocycles. The van der Waals surface area contributed by atoms with Gasteiger partial charge in [-0.1, -0.05) is 23.7 Å². The average molecular weight is 311 g/mol. The van der Waals surface area contributed by atoms with Crippen LogP contribution in [0.15, 0.2) is 65.0 Å². The minimum atomic E-state index is -0.0453. The lowest BCUT2D eigenvalue weighted by molar-refractivity contribution is 0.764. The monoisotopic (exact) mass is 310 g/mol. The summed E-state index contributed by atoms with van der Waals surface area (Å²) in [7, 11) is 0. The summed E-state index contributed by atoms with van der Waals surface area (Å²) in [5, 5.41) is 10.4. The van der Waals surface area contributed by atoms with E-state index in [-0.39, 0.29) is 6.04 Å². The summed E-state index contributed by atoms with van der Waals surface area (Å²) in [6.07, 6.45) is 1.71. The molecule has 0 amide bonds. The Morgan fingerprint density at radius 1 is 1.09 bits per heavy atom. The van der Waals surface area contributed by atoms with Gasteiger partial charge in [-0.2, -0.15) is 10.2 Å². The number of rotatable bonds is 3. The number of nitrogens with two attached hydrogens (primary N) is 1. The van der Waals surface area contributed by atoms with E-state index in [1.165, 1.54) is 0 Å². The quantitative estimate of drug-likeness (QED) is 0.526. The number of benzene rings is 2. The molecule has 0 aliphatic carbocycles. The molecule has 0 saturated carbocycles. The van der Waals surface area contributed by atoms with Gasteiger partial charge in [0.15, 0.2) is 0 Å². The van der Waals surface area contributed by atoms with Crippen molar-refractivity contribution >= 4 is 33.9 Å². The highest BCUT2D eigenvalue weighted by atomic mass is 35.5. The summed E-state index contributed by atoms with van der Waals surface area (Å²) < 4.78 is 0. The van der Waals surface area contributed by atoms with Crippen molar-refractivity contribution in [2.45, 2.75) is 13.0 Å². The highest BCUT2D eigenvalue weighted by Gasteiger charge is 2.05. The highest BCUT2D eigenvalue weighted by Crippen LogP contribution is 2.28. The minimum absolute atomic E-state index is 0.0453. The van der Waals surface area contributed by atoms with Gasteiger partial charge in [0.2, 0.25) is 0 Å². The van der Waals surface area contributed by atoms with E-state index in [2.05, 4.69) is 15.2 Å². The molecule has 2 aromatic carbocycles. The second-order valence-corrected chi connectivity index (χ2v) is 5.49. The van der Waals surface area contributed by atoms with Crippen molar-refractivity contribution in [1.82, 2.24) is 4.98 Å². The normalized spacial score (nSPS) is 12.8. The zero-order valence-corrected chi connectivity index (χ0v) is 12.8. The molecule has 1 atom stereocenters. The maximum atomic E-state index is 5.99. The lowest BCUT2D eigenvalue weighted by Gasteiger charge is -2.06. The van der Waals surface area contributed by atoms with Crippen molar-refractivity contribution in [3.63, 3.8) is 0 Å². The van der Waals surface area contributed by atoms with Crippen LogP contribution in [0.2, 0.25) is 5.02 Å². The first-order valence-corrected chi connectivity index (χ1v) is 7.32. The van der Waals surface area contributed by atoms with Gasteiger partial charge < -0.3 is 5.73 Å². The molecule has 0 spiro atoms. The van der Waals surface area contributed by atoms with Crippen LogP contribution in [0.3, 0.4) is 0 Å². The standard InChI is InChI=1S/C17H15ClN4/c1-11(12-2-5-14(19)6-3-12)21-22-16-8-9-20-17-10-13(18)4-7-15(16)17/h2-11H,19H2,1H3. The van der Waals surface area contributed by atoms with E-state index in [9.17, 15) is 0 Å². The zero-order valence-electron chi connectivity index (χ0n) is 12.1. The molecule has 5 heteroatoms. The number of hydrogen-bond acceptors (Lipinski definition) is 4. The molecular weight excluding hydrogens is 296 g/mol. The summed E-state index contributed by atoms with van der Waals surface area (Å²) in [5.74, 6) is 0. The summed E-state index contributed by atoms with van der Waals surface area (Å²) in [6, 6.07) is 15.0. The van der Waals surface area contributed by atoms with Crippen LogP contribution in [0.5, 0.6) is 0 Å². The molecule has 0 aliphatic rings. The number of nitrogens with zero attached hydrogens (tertiary/aromatic N) is 3. The second-order valence-electron chi connectivity index (χ2n) is 5.05. The van der Waals surface area contributed by atoms with E-state index in [0.29, 0.717) is 5.02 Å². The second kappa shape index (κ2) is 6.12. The Hall–Kier alpha value is -2.46. The Kier molecular flexibility index (Phi) is 4.02. The molecular formula is C17H15ClN4. The molecule has 3 rings (SSSR count). The SMILES string of the molecule is CC(N=Nc1ccnc2cc(Cl)ccc12)c1ccc(N)cc1. The van der Waals surface area contributed by atoms with Gasteiger partial charge in [-0.25, -0.2) is 0 Å². The number of azo groups is 1. The zero-order chi connectivity index (χ0) is 15.5. The van der Waals surface area contributed by atoms with Crippen molar-refractivity contribution in [3.8, 4) is 0 Å². The average Bonchev–Trinajstić information content (AvgIpc) is 2.52. The summed E-state index contributed by atoms with van der Waals surface area (Å²) >= 11 is 5.99. The molecule has 22 heavy (non-hydrogen) atoms. The third-order valence-corrected chi connectivity index (χ3v) is 3.67. The molecule has 110 valence electrons. The number of aromatic nitrogens is 1. The fourth-order valence-electron chi connectivity index (χ4n) is 2.18. The number of hydrogen-bond donors (Lipinski definition) is 1. The van der Waals surface area contributed by atoms with E-state index in [1.807, 2.05) is 55.5 Å². The van der Waals surface area contributed by atoms with Crippen molar-refractivity contribution in [3.05, 3.63) is 65.3 Å². The first kappa shape index (κ1) is 14.5. The first-order valence-electron chi connectivity index (χ1n) is 6.94. The molecule has 0 aliphatic heterocycles. The molecule has 0 bridgehead atoms. The third kappa shape index (κ3) is 3.07. The number of fused-ring (bicyclic) bond motifs is 1. The van der Waals surface area contributed by atoms with Gasteiger partial charge in [0, 0.05) is 22.3 Å². The number of nitrogen functional groups attached to an aromatic ring is 1. The van der Waals surface area contributed by atoms with Crippen molar-refractivity contribution < 1.29 is 0 Å². The van der Waals surface area contributed by atoms with E-state index < -0.39 is 0 Å². The molecule has 1 unspecified atom stereocenters. The van der Waals surface area contributed by atoms with Crippen LogP contribution in [0, 0.1) is 0 Å². The predicted octanol–water partition coefficient (Wildman–Crippen LogP) is 5.32. The van der Waals surface area contributed by atoms with Gasteiger partial charge >= 0.3 is 0 Å². The summed E-state index contributed by atoms with van der Waals surface area (Å²) in [4.78, 5) is 4.30. The first-order chi connectivity index (χ1) is 10.6. The van der Waals surface area contributed by atoms with Crippen LogP contribution in [0.1, 0.15) is 18.5 Å². The molecule has 3 aromatic rings. The third-order valence-electron chi connectivity index (χ3n) is 3.44. The Morgan fingerprint density at radius 3 is 2.64 bits per heavy atom. The van der Waals surface area contributed by atoms with E-state index in [4.69, 9.17) is 17.3 Å². The maximum Gasteiger partial charge on any atom is 0.0962 e. The summed E-state index contributed by atoms with van der Waals surface area (Å²) in [5.41, 5.74) is 9.09. The van der Waals surface area contributed by atoms with E-state index in [1.54, 1.807) is 6.20 Å². The van der Waals surface area contributed by atoms with Crippen molar-refractivity contribution in [2.24, 2.45) is 10.2 Å². The lowest BCUT2D eigenvalue weighted by Crippen LogP contribution is -1.90. The van der Waals surface area contributed by atoms with Gasteiger partial charge in [-0.05, 0) is 48.9 Å². The topological polar surface area (TPSA) is 63.6 Å². The van der Waals surface area contributed by atoms with Crippen LogP contribution in [0.25, 0.3) is 10.9 Å². The Morgan fingerprint density at radius 2 is 1.86 bits per heavy atom. The van der Waals surface area contributed by atoms with Crippen molar-refractivity contribution in [2.75, 3.05) is 5.73 Å². The van der Waals surface area contributed by atoms with Crippen LogP contribution < -0.4 is 5.73 Å². The molecule has 1 heterocycles. The van der Waals surface area contributed by atoms with E-state index >= 15 is 0 Å². The van der Waals surface area contributed by atoms with Crippen LogP contribution in [0.4, 0.5) is 11.4 Å². The smallest absolute Gasteiger partial charge is 0.0962 e. The van der Waals surface area contributed by atoms with Crippen molar-refractivity contribution in [1.29, 1.82) is 0 Å². The van der Waals surface area contributed by atoms with Crippen LogP contribution in [-0.4, -0.2) is 4.98 Å². The molecule has 0 fully saturated rings.